The lowest BCUT2D eigenvalue weighted by Gasteiger charge is -2.30. The lowest BCUT2D eigenvalue weighted by atomic mass is 9.96. The summed E-state index contributed by atoms with van der Waals surface area (Å²) >= 11 is 0. The van der Waals surface area contributed by atoms with Crippen LogP contribution in [0, 0.1) is 11.7 Å². The molecule has 1 heterocycles. The molecule has 5 heteroatoms. The van der Waals surface area contributed by atoms with Gasteiger partial charge in [0.05, 0.1) is 0 Å². The number of benzene rings is 1. The molecule has 1 saturated carbocycles. The molecule has 1 saturated heterocycles. The normalized spacial score (nSPS) is 23.8. The highest BCUT2D eigenvalue weighted by molar-refractivity contribution is 5.79. The lowest BCUT2D eigenvalue weighted by Crippen LogP contribution is -2.45. The van der Waals surface area contributed by atoms with Crippen molar-refractivity contribution in [3.63, 3.8) is 0 Å². The Morgan fingerprint density at radius 3 is 2.88 bits per heavy atom. The van der Waals surface area contributed by atoms with Crippen LogP contribution in [0.25, 0.3) is 0 Å². The highest BCUT2D eigenvalue weighted by atomic mass is 19.1. The van der Waals surface area contributed by atoms with Crippen LogP contribution in [0.3, 0.4) is 0 Å². The molecular formula is C19H29FN4. The molecular weight excluding hydrogens is 303 g/mol. The summed E-state index contributed by atoms with van der Waals surface area (Å²) in [6.07, 6.45) is 4.76. The maximum atomic E-state index is 13.5. The molecule has 4 nitrogen and oxygen atoms in total. The van der Waals surface area contributed by atoms with Gasteiger partial charge in [-0.05, 0) is 62.9 Å². The van der Waals surface area contributed by atoms with Gasteiger partial charge in [0.15, 0.2) is 5.96 Å². The van der Waals surface area contributed by atoms with Crippen molar-refractivity contribution >= 4 is 5.96 Å². The Bertz CT molecular complexity index is 582. The van der Waals surface area contributed by atoms with Gasteiger partial charge in [-0.3, -0.25) is 4.99 Å². The molecule has 1 unspecified atom stereocenters. The van der Waals surface area contributed by atoms with Crippen LogP contribution in [-0.4, -0.2) is 51.1 Å². The largest absolute Gasteiger partial charge is 0.356 e. The molecule has 3 rings (SSSR count). The van der Waals surface area contributed by atoms with Gasteiger partial charge >= 0.3 is 0 Å². The topological polar surface area (TPSA) is 39.7 Å². The fraction of sp³-hybridized carbons (Fsp3) is 0.632. The number of guanidine groups is 1. The molecule has 2 N–H and O–H groups in total. The maximum absolute atomic E-state index is 13.5. The number of rotatable bonds is 5. The van der Waals surface area contributed by atoms with E-state index in [1.165, 1.54) is 25.5 Å². The fourth-order valence-electron chi connectivity index (χ4n) is 3.69. The van der Waals surface area contributed by atoms with E-state index in [9.17, 15) is 4.39 Å². The van der Waals surface area contributed by atoms with Gasteiger partial charge < -0.3 is 15.5 Å². The van der Waals surface area contributed by atoms with Gasteiger partial charge in [-0.15, -0.1) is 0 Å². The van der Waals surface area contributed by atoms with E-state index in [2.05, 4.69) is 27.6 Å². The monoisotopic (exact) mass is 332 g/mol. The van der Waals surface area contributed by atoms with E-state index < -0.39 is 0 Å². The summed E-state index contributed by atoms with van der Waals surface area (Å²) in [6.45, 7) is 4.12. The molecule has 2 aliphatic rings. The zero-order valence-corrected chi connectivity index (χ0v) is 14.8. The second-order valence-electron chi connectivity index (χ2n) is 7.37. The summed E-state index contributed by atoms with van der Waals surface area (Å²) in [4.78, 5) is 6.74. The Hall–Kier alpha value is -1.62. The first-order valence-corrected chi connectivity index (χ1v) is 9.00. The molecule has 0 bridgehead atoms. The van der Waals surface area contributed by atoms with Crippen LogP contribution in [0.5, 0.6) is 0 Å². The highest BCUT2D eigenvalue weighted by Crippen LogP contribution is 2.47. The number of likely N-dealkylation sites (tertiary alicyclic amines) is 1. The number of hydrogen-bond donors (Lipinski definition) is 2. The van der Waals surface area contributed by atoms with Crippen molar-refractivity contribution in [3.8, 4) is 0 Å². The predicted molar refractivity (Wildman–Crippen MR) is 96.9 cm³/mol. The standard InChI is InChI=1S/C19H29FN4/c1-21-18(22-12-15-5-4-10-24(2)13-15)23-14-19(8-9-19)16-6-3-7-17(20)11-16/h3,6-7,11,15H,4-5,8-10,12-14H2,1-2H3,(H2,21,22,23). The second kappa shape index (κ2) is 7.51. The van der Waals surface area contributed by atoms with Gasteiger partial charge in [-0.25, -0.2) is 4.39 Å². The molecule has 2 fully saturated rings. The quantitative estimate of drug-likeness (QED) is 0.642. The first-order valence-electron chi connectivity index (χ1n) is 9.00. The van der Waals surface area contributed by atoms with Gasteiger partial charge in [0, 0.05) is 32.1 Å². The van der Waals surface area contributed by atoms with E-state index in [1.807, 2.05) is 13.1 Å². The van der Waals surface area contributed by atoms with E-state index in [1.54, 1.807) is 12.1 Å². The van der Waals surface area contributed by atoms with Crippen LogP contribution in [0.15, 0.2) is 29.3 Å². The summed E-state index contributed by atoms with van der Waals surface area (Å²) in [7, 11) is 4.00. The van der Waals surface area contributed by atoms with Crippen molar-refractivity contribution in [2.75, 3.05) is 40.3 Å². The summed E-state index contributed by atoms with van der Waals surface area (Å²) < 4.78 is 13.5. The van der Waals surface area contributed by atoms with Crippen molar-refractivity contribution in [1.29, 1.82) is 0 Å². The smallest absolute Gasteiger partial charge is 0.191 e. The average Bonchev–Trinajstić information content (AvgIpc) is 3.36. The van der Waals surface area contributed by atoms with Crippen LogP contribution >= 0.6 is 0 Å². The van der Waals surface area contributed by atoms with Crippen molar-refractivity contribution < 1.29 is 4.39 Å². The first-order chi connectivity index (χ1) is 11.6. The molecule has 1 aromatic rings. The van der Waals surface area contributed by atoms with Gasteiger partial charge in [0.1, 0.15) is 5.82 Å². The van der Waals surface area contributed by atoms with Gasteiger partial charge in [0.25, 0.3) is 0 Å². The Balaban J connectivity index is 1.49. The summed E-state index contributed by atoms with van der Waals surface area (Å²) in [5.74, 6) is 1.38. The van der Waals surface area contributed by atoms with Gasteiger partial charge in [-0.2, -0.15) is 0 Å². The van der Waals surface area contributed by atoms with Crippen LogP contribution < -0.4 is 10.6 Å². The van der Waals surface area contributed by atoms with Crippen molar-refractivity contribution in [2.45, 2.75) is 31.1 Å². The summed E-state index contributed by atoms with van der Waals surface area (Å²) in [5.41, 5.74) is 1.17. The lowest BCUT2D eigenvalue weighted by molar-refractivity contribution is 0.210. The molecule has 0 spiro atoms. The molecule has 1 aliphatic carbocycles. The van der Waals surface area contributed by atoms with E-state index in [0.29, 0.717) is 5.92 Å². The zero-order valence-electron chi connectivity index (χ0n) is 14.8. The molecule has 0 aromatic heterocycles. The molecule has 1 atom stereocenters. The minimum atomic E-state index is -0.150. The van der Waals surface area contributed by atoms with Crippen molar-refractivity contribution in [2.24, 2.45) is 10.9 Å². The van der Waals surface area contributed by atoms with E-state index in [-0.39, 0.29) is 11.2 Å². The molecule has 24 heavy (non-hydrogen) atoms. The minimum absolute atomic E-state index is 0.0742. The van der Waals surface area contributed by atoms with E-state index in [0.717, 1.165) is 44.0 Å². The van der Waals surface area contributed by atoms with Crippen LogP contribution in [-0.2, 0) is 5.41 Å². The maximum Gasteiger partial charge on any atom is 0.191 e. The molecule has 1 aliphatic heterocycles. The Morgan fingerprint density at radius 2 is 2.21 bits per heavy atom. The molecule has 132 valence electrons. The molecule has 1 aromatic carbocycles. The molecule has 0 radical (unpaired) electrons. The second-order valence-corrected chi connectivity index (χ2v) is 7.37. The third-order valence-electron chi connectivity index (χ3n) is 5.39. The average molecular weight is 332 g/mol. The van der Waals surface area contributed by atoms with Crippen LogP contribution in [0.4, 0.5) is 4.39 Å². The number of hydrogen-bond acceptors (Lipinski definition) is 2. The number of nitrogens with zero attached hydrogens (tertiary/aromatic N) is 2. The molecule has 0 amide bonds. The predicted octanol–water partition coefficient (Wildman–Crippen LogP) is 2.36. The third-order valence-corrected chi connectivity index (χ3v) is 5.39. The highest BCUT2D eigenvalue weighted by Gasteiger charge is 2.44. The third kappa shape index (κ3) is 4.26. The van der Waals surface area contributed by atoms with Crippen molar-refractivity contribution in [3.05, 3.63) is 35.6 Å². The van der Waals surface area contributed by atoms with Crippen molar-refractivity contribution in [1.82, 2.24) is 15.5 Å². The number of halogens is 1. The number of piperidine rings is 1. The Labute approximate surface area is 144 Å². The van der Waals surface area contributed by atoms with E-state index in [4.69, 9.17) is 0 Å². The first kappa shape index (κ1) is 17.2. The zero-order chi connectivity index (χ0) is 17.0. The Morgan fingerprint density at radius 1 is 1.38 bits per heavy atom. The summed E-state index contributed by atoms with van der Waals surface area (Å²) in [6, 6.07) is 7.01. The van der Waals surface area contributed by atoms with Crippen LogP contribution in [0.1, 0.15) is 31.2 Å². The van der Waals surface area contributed by atoms with E-state index >= 15 is 0 Å². The number of aliphatic imine (C=N–C) groups is 1. The fourth-order valence-corrected chi connectivity index (χ4v) is 3.69. The SMILES string of the molecule is CN=C(NCC1CCCN(C)C1)NCC1(c2cccc(F)c2)CC1. The number of nitrogens with one attached hydrogen (secondary N) is 2. The van der Waals surface area contributed by atoms with Crippen LogP contribution in [0.2, 0.25) is 0 Å². The van der Waals surface area contributed by atoms with Gasteiger partial charge in [0.2, 0.25) is 0 Å². The minimum Gasteiger partial charge on any atom is -0.356 e. The summed E-state index contributed by atoms with van der Waals surface area (Å²) in [5, 5.41) is 6.90. The Kier molecular flexibility index (Phi) is 5.39. The van der Waals surface area contributed by atoms with Gasteiger partial charge in [-0.1, -0.05) is 12.1 Å².